The minimum Gasteiger partial charge on any atom is -0.364 e. The van der Waals surface area contributed by atoms with Crippen LogP contribution in [0.1, 0.15) is 26.5 Å². The molecule has 1 amide bonds. The standard InChI is InChI=1S/C24H30F2N8O10P2S/c1-10(2)21(35)32-24-31-20-17(22(36)33-24)29-9-34(20)23-19-16(26)13(42-23)7-41-46(39,47)44-18-11(6-40-45(37,38)43-19)5-12(15(18)25)30-14-3-4-27-8-28-14/h3-4,8-13,15-16,18-19,23H,5-7H2,1-2H3,(H,37,38)(H,39,47)(H,27,28,30)(H2,31,32,33,35,36)/t11?,12-,13?,15+,16-,18-,19-,23-,46?/m1/s1. The monoisotopic (exact) mass is 722 g/mol. The average molecular weight is 723 g/mol. The molecule has 3 aliphatic rings. The molecule has 1 saturated carbocycles. The number of aromatic amines is 1. The Bertz CT molecular complexity index is 1790. The Morgan fingerprint density at radius 2 is 1.96 bits per heavy atom. The highest BCUT2D eigenvalue weighted by Gasteiger charge is 2.53. The van der Waals surface area contributed by atoms with Gasteiger partial charge in [0.05, 0.1) is 25.6 Å². The summed E-state index contributed by atoms with van der Waals surface area (Å²) in [5, 5.41) is 5.34. The number of rotatable bonds is 5. The molecule has 2 aliphatic heterocycles. The summed E-state index contributed by atoms with van der Waals surface area (Å²) in [5.74, 6) is -1.81. The van der Waals surface area contributed by atoms with Gasteiger partial charge in [-0.1, -0.05) is 13.8 Å². The van der Waals surface area contributed by atoms with E-state index in [0.717, 1.165) is 10.9 Å². The highest BCUT2D eigenvalue weighted by atomic mass is 32.5. The summed E-state index contributed by atoms with van der Waals surface area (Å²) in [6.07, 6.45) is -6.79. The molecule has 3 aromatic heterocycles. The van der Waals surface area contributed by atoms with Gasteiger partial charge in [-0.3, -0.25) is 33.5 Å². The van der Waals surface area contributed by atoms with Crippen molar-refractivity contribution in [2.45, 2.75) is 63.2 Å². The molecule has 3 aromatic rings. The van der Waals surface area contributed by atoms with E-state index in [1.165, 1.54) is 18.6 Å². The molecule has 10 atom stereocenters. The Morgan fingerprint density at radius 1 is 1.17 bits per heavy atom. The van der Waals surface area contributed by atoms with Gasteiger partial charge >= 0.3 is 14.5 Å². The Labute approximate surface area is 269 Å². The lowest BCUT2D eigenvalue weighted by molar-refractivity contribution is -0.118. The summed E-state index contributed by atoms with van der Waals surface area (Å²) in [7, 11) is -5.11. The van der Waals surface area contributed by atoms with Gasteiger partial charge in [0.25, 0.3) is 5.56 Å². The number of hydrogen-bond donors (Lipinski definition) is 5. The molecular weight excluding hydrogens is 692 g/mol. The van der Waals surface area contributed by atoms with Crippen molar-refractivity contribution < 1.29 is 50.8 Å². The zero-order chi connectivity index (χ0) is 33.7. The van der Waals surface area contributed by atoms with Crippen LogP contribution in [0.15, 0.2) is 29.7 Å². The minimum absolute atomic E-state index is 0.0222. The maximum absolute atomic E-state index is 15.9. The Morgan fingerprint density at radius 3 is 2.68 bits per heavy atom. The van der Waals surface area contributed by atoms with Crippen LogP contribution in [0.4, 0.5) is 20.5 Å². The lowest BCUT2D eigenvalue weighted by Crippen LogP contribution is -2.34. The first-order valence-corrected chi connectivity index (χ1v) is 18.4. The van der Waals surface area contributed by atoms with Crippen molar-refractivity contribution in [3.05, 3.63) is 35.3 Å². The number of halogens is 2. The maximum atomic E-state index is 15.9. The van der Waals surface area contributed by atoms with Crippen LogP contribution in [0.2, 0.25) is 0 Å². The van der Waals surface area contributed by atoms with Crippen LogP contribution in [0, 0.1) is 11.8 Å². The highest BCUT2D eigenvalue weighted by molar-refractivity contribution is 8.07. The first-order chi connectivity index (χ1) is 22.2. The van der Waals surface area contributed by atoms with E-state index in [1.54, 1.807) is 13.8 Å². The lowest BCUT2D eigenvalue weighted by atomic mass is 10.1. The number of aromatic nitrogens is 6. The van der Waals surface area contributed by atoms with Gasteiger partial charge < -0.3 is 28.9 Å². The van der Waals surface area contributed by atoms with E-state index in [2.05, 4.69) is 35.6 Å². The van der Waals surface area contributed by atoms with Gasteiger partial charge in [-0.25, -0.2) is 28.3 Å². The van der Waals surface area contributed by atoms with Gasteiger partial charge in [0.1, 0.15) is 36.6 Å². The van der Waals surface area contributed by atoms with E-state index in [1.807, 2.05) is 0 Å². The van der Waals surface area contributed by atoms with Gasteiger partial charge in [0, 0.05) is 18.0 Å². The molecule has 5 heterocycles. The normalized spacial score (nSPS) is 36.3. The minimum atomic E-state index is -5.11. The molecule has 18 nitrogen and oxygen atoms in total. The number of phosphoric ester groups is 1. The van der Waals surface area contributed by atoms with Crippen molar-refractivity contribution in [1.82, 2.24) is 29.5 Å². The van der Waals surface area contributed by atoms with Gasteiger partial charge in [-0.2, -0.15) is 4.98 Å². The van der Waals surface area contributed by atoms with Gasteiger partial charge in [-0.15, -0.1) is 0 Å². The first kappa shape index (κ1) is 34.0. The van der Waals surface area contributed by atoms with Crippen LogP contribution in [0.25, 0.3) is 11.2 Å². The fourth-order valence-electron chi connectivity index (χ4n) is 5.42. The van der Waals surface area contributed by atoms with Crippen LogP contribution in [-0.4, -0.2) is 95.1 Å². The first-order valence-electron chi connectivity index (χ1n) is 14.3. The molecule has 5 N–H and O–H groups in total. The molecule has 3 fully saturated rings. The number of H-pyrrole nitrogens is 1. The summed E-state index contributed by atoms with van der Waals surface area (Å²) < 4.78 is 73.1. The summed E-state index contributed by atoms with van der Waals surface area (Å²) in [6, 6.07) is 0.565. The number of anilines is 2. The number of carbonyl (C=O) groups is 1. The number of carbonyl (C=O) groups excluding carboxylic acids is 1. The average Bonchev–Trinajstić information content (AvgIpc) is 3.65. The second kappa shape index (κ2) is 13.2. The van der Waals surface area contributed by atoms with E-state index in [9.17, 15) is 23.9 Å². The maximum Gasteiger partial charge on any atom is 0.472 e. The molecule has 2 bridgehead atoms. The van der Waals surface area contributed by atoms with E-state index >= 15 is 8.78 Å². The van der Waals surface area contributed by atoms with Crippen LogP contribution in [0.5, 0.6) is 0 Å². The number of nitrogens with zero attached hydrogens (tertiary/aromatic N) is 5. The third-order valence-electron chi connectivity index (χ3n) is 7.74. The number of amides is 1. The largest absolute Gasteiger partial charge is 0.472 e. The number of imidazole rings is 1. The quantitative estimate of drug-likeness (QED) is 0.236. The van der Waals surface area contributed by atoms with Crippen molar-refractivity contribution in [3.63, 3.8) is 0 Å². The second-order valence-corrected chi connectivity index (χ2v) is 15.5. The van der Waals surface area contributed by atoms with Gasteiger partial charge in [0.15, 0.2) is 23.6 Å². The summed E-state index contributed by atoms with van der Waals surface area (Å²) in [5.41, 5.74) is -1.16. The van der Waals surface area contributed by atoms with Gasteiger partial charge in [-0.05, 0) is 24.3 Å². The topological polar surface area (TPSA) is 234 Å². The van der Waals surface area contributed by atoms with E-state index in [0.29, 0.717) is 5.82 Å². The van der Waals surface area contributed by atoms with E-state index in [4.69, 9.17) is 34.6 Å². The Kier molecular flexibility index (Phi) is 9.58. The van der Waals surface area contributed by atoms with Crippen LogP contribution in [-0.2, 0) is 44.0 Å². The zero-order valence-electron chi connectivity index (χ0n) is 24.6. The smallest absolute Gasteiger partial charge is 0.364 e. The zero-order valence-corrected chi connectivity index (χ0v) is 27.2. The van der Waals surface area contributed by atoms with Crippen molar-refractivity contribution in [2.75, 3.05) is 23.8 Å². The molecule has 23 heteroatoms. The van der Waals surface area contributed by atoms with Crippen LogP contribution < -0.4 is 16.2 Å². The lowest BCUT2D eigenvalue weighted by Gasteiger charge is -2.27. The third-order valence-corrected chi connectivity index (χ3v) is 10.3. The predicted molar refractivity (Wildman–Crippen MR) is 161 cm³/mol. The van der Waals surface area contributed by atoms with E-state index < -0.39 is 94.0 Å². The molecule has 256 valence electrons. The number of fused-ring (bicyclic) bond motifs is 4. The number of hydrogen-bond acceptors (Lipinski definition) is 14. The van der Waals surface area contributed by atoms with E-state index in [-0.39, 0.29) is 23.5 Å². The Hall–Kier alpha value is -2.84. The third kappa shape index (κ3) is 7.29. The molecule has 1 aliphatic carbocycles. The molecule has 2 saturated heterocycles. The van der Waals surface area contributed by atoms with Crippen molar-refractivity contribution in [3.8, 4) is 0 Å². The van der Waals surface area contributed by atoms with Crippen LogP contribution >= 0.6 is 14.5 Å². The van der Waals surface area contributed by atoms with Gasteiger partial charge in [0.2, 0.25) is 11.9 Å². The SMILES string of the molecule is CC(C)C(=O)Nc1nc2c(ncn2[C@@H]2OC3COP(O)(=S)O[C@@H]4C(COP(=O)(O)O[C@@H]2[C@@H]3F)C[C@@H](Nc2ccncn2)[C@@H]4F)c(=O)[nH]1. The highest BCUT2D eigenvalue weighted by Crippen LogP contribution is 2.54. The second-order valence-electron chi connectivity index (χ2n) is 11.3. The van der Waals surface area contributed by atoms with Crippen molar-refractivity contribution in [2.24, 2.45) is 11.8 Å². The molecule has 0 radical (unpaired) electrons. The summed E-state index contributed by atoms with van der Waals surface area (Å²) >= 11 is 5.12. The summed E-state index contributed by atoms with van der Waals surface area (Å²) in [4.78, 5) is 64.9. The number of ether oxygens (including phenoxy) is 1. The molecular formula is C24H30F2N8O10P2S. The fraction of sp³-hybridized carbons (Fsp3) is 0.583. The molecule has 0 spiro atoms. The number of nitrogens with one attached hydrogen (secondary N) is 3. The molecule has 0 aromatic carbocycles. The number of phosphoric acid groups is 1. The predicted octanol–water partition coefficient (Wildman–Crippen LogP) is 1.71. The van der Waals surface area contributed by atoms with Crippen molar-refractivity contribution in [1.29, 1.82) is 0 Å². The number of alkyl halides is 2. The fourth-order valence-corrected chi connectivity index (χ4v) is 7.86. The van der Waals surface area contributed by atoms with Crippen LogP contribution in [0.3, 0.4) is 0 Å². The molecule has 6 rings (SSSR count). The molecule has 47 heavy (non-hydrogen) atoms. The van der Waals surface area contributed by atoms with Crippen molar-refractivity contribution >= 4 is 55.2 Å². The Balaban J connectivity index is 1.29. The summed E-state index contributed by atoms with van der Waals surface area (Å²) in [6.45, 7) is -2.39. The molecule has 4 unspecified atom stereocenters.